The smallest absolute Gasteiger partial charge is 0.348 e. The number of hydrogen-bond donors (Lipinski definition) is 2. The summed E-state index contributed by atoms with van der Waals surface area (Å²) in [6, 6.07) is 14.8. The Morgan fingerprint density at radius 2 is 1.58 bits per heavy atom. The Morgan fingerprint density at radius 1 is 1.00 bits per heavy atom. The van der Waals surface area contributed by atoms with Crippen LogP contribution in [-0.2, 0) is 19.9 Å². The Morgan fingerprint density at radius 3 is 2.19 bits per heavy atom. The number of quaternary nitrogens is 1. The lowest BCUT2D eigenvalue weighted by Crippen LogP contribution is -3.00. The number of hydrogen-bond acceptors (Lipinski definition) is 7. The third-order valence-corrected chi connectivity index (χ3v) is 7.74. The molecule has 1 aliphatic carbocycles. The number of rotatable bonds is 5. The molecule has 1 amide bonds. The molecule has 2 aromatic carbocycles. The van der Waals surface area contributed by atoms with E-state index in [1.807, 2.05) is 36.4 Å². The van der Waals surface area contributed by atoms with Crippen molar-refractivity contribution in [1.29, 1.82) is 0 Å². The fraction of sp³-hybridized carbons (Fsp3) is 0.346. The highest BCUT2D eigenvalue weighted by atomic mass is 79.9. The number of carbonyl (C=O) groups is 2. The second-order valence-corrected chi connectivity index (χ2v) is 9.72. The number of ether oxygens (including phenoxy) is 1. The van der Waals surface area contributed by atoms with Crippen molar-refractivity contribution in [1.82, 2.24) is 15.0 Å². The van der Waals surface area contributed by atoms with Crippen LogP contribution < -0.4 is 22.3 Å². The molecule has 3 saturated heterocycles. The molecule has 3 aliphatic heterocycles. The molecule has 2 N–H and O–H groups in total. The minimum Gasteiger partial charge on any atom is -1.00 e. The molecule has 1 aromatic heterocycles. The van der Waals surface area contributed by atoms with Gasteiger partial charge in [0.05, 0.1) is 13.1 Å². The summed E-state index contributed by atoms with van der Waals surface area (Å²) in [4.78, 5) is 38.0. The summed E-state index contributed by atoms with van der Waals surface area (Å²) in [6.45, 7) is 2.49. The lowest BCUT2D eigenvalue weighted by molar-refractivity contribution is -0.939. The molecule has 2 bridgehead atoms. The summed E-state index contributed by atoms with van der Waals surface area (Å²) < 4.78 is 6.62. The Kier molecular flexibility index (Phi) is 6.36. The van der Waals surface area contributed by atoms with Crippen LogP contribution in [0.15, 0.2) is 61.2 Å². The second kappa shape index (κ2) is 9.34. The Balaban J connectivity index is 0.00000267. The van der Waals surface area contributed by atoms with Crippen molar-refractivity contribution in [3.05, 3.63) is 72.3 Å². The number of halogens is 1. The summed E-state index contributed by atoms with van der Waals surface area (Å²) in [5, 5.41) is 14.5. The van der Waals surface area contributed by atoms with Gasteiger partial charge in [0.2, 0.25) is 11.5 Å². The van der Waals surface area contributed by atoms with E-state index in [0.29, 0.717) is 22.2 Å². The maximum Gasteiger partial charge on any atom is 0.348 e. The first kappa shape index (κ1) is 24.5. The third-order valence-electron chi connectivity index (χ3n) is 7.74. The Bertz CT molecular complexity index is 1250. The molecule has 36 heavy (non-hydrogen) atoms. The SMILES string of the molecule is O=C(C[N+]12CCC(CC1)[C@@H](OC(=O)C1(O)c3ccccc3-c3ccccc31)C2)Nc1ncncn1.[Br-]. The molecule has 3 aromatic rings. The van der Waals surface area contributed by atoms with E-state index in [1.54, 1.807) is 12.1 Å². The minimum atomic E-state index is -1.85. The average Bonchev–Trinajstić information content (AvgIpc) is 3.15. The number of nitrogens with one attached hydrogen (secondary N) is 1. The zero-order valence-electron chi connectivity index (χ0n) is 19.5. The molecular formula is C26H26BrN5O4. The van der Waals surface area contributed by atoms with Crippen molar-refractivity contribution < 1.29 is 40.9 Å². The number of fused-ring (bicyclic) bond motifs is 6. The average molecular weight is 552 g/mol. The number of aromatic nitrogens is 3. The quantitative estimate of drug-likeness (QED) is 0.305. The molecule has 4 heterocycles. The molecule has 1 atom stereocenters. The minimum absolute atomic E-state index is 0. The molecule has 9 nitrogen and oxygen atoms in total. The van der Waals surface area contributed by atoms with Crippen molar-refractivity contribution in [2.24, 2.45) is 5.92 Å². The van der Waals surface area contributed by atoms with Gasteiger partial charge in [0, 0.05) is 29.9 Å². The van der Waals surface area contributed by atoms with Crippen molar-refractivity contribution in [2.45, 2.75) is 24.5 Å². The molecule has 10 heteroatoms. The van der Waals surface area contributed by atoms with E-state index in [0.717, 1.165) is 37.1 Å². The number of anilines is 1. The first-order valence-corrected chi connectivity index (χ1v) is 11.9. The summed E-state index contributed by atoms with van der Waals surface area (Å²) in [5.41, 5.74) is 0.936. The molecule has 7 rings (SSSR count). The third kappa shape index (κ3) is 3.99. The van der Waals surface area contributed by atoms with E-state index >= 15 is 0 Å². The standard InChI is InChI=1S/C26H25N5O4.BrH/c32-23(30-25-28-15-27-16-29-25)14-31-11-9-17(10-12-31)22(13-31)35-24(33)26(34)20-7-3-1-5-18(20)19-6-2-4-8-21(19)26;/h1-8,15-17,22,34H,9-14H2;1H/t17?,22-,31?;/m0./s1. The van der Waals surface area contributed by atoms with Crippen molar-refractivity contribution in [2.75, 3.05) is 31.5 Å². The van der Waals surface area contributed by atoms with Gasteiger partial charge in [0.1, 0.15) is 19.2 Å². The van der Waals surface area contributed by atoms with E-state index in [9.17, 15) is 14.7 Å². The highest BCUT2D eigenvalue weighted by Gasteiger charge is 2.53. The zero-order chi connectivity index (χ0) is 24.0. The van der Waals surface area contributed by atoms with Crippen molar-refractivity contribution >= 4 is 17.8 Å². The molecule has 186 valence electrons. The predicted octanol–water partition coefficient (Wildman–Crippen LogP) is -1.12. The fourth-order valence-corrected chi connectivity index (χ4v) is 6.00. The number of carbonyl (C=O) groups excluding carboxylic acids is 2. The van der Waals surface area contributed by atoms with E-state index in [1.165, 1.54) is 12.7 Å². The van der Waals surface area contributed by atoms with E-state index < -0.39 is 11.6 Å². The van der Waals surface area contributed by atoms with Gasteiger partial charge in [-0.1, -0.05) is 48.5 Å². The van der Waals surface area contributed by atoms with Gasteiger partial charge in [-0.3, -0.25) is 10.1 Å². The predicted molar refractivity (Wildman–Crippen MR) is 126 cm³/mol. The molecule has 3 fully saturated rings. The van der Waals surface area contributed by atoms with E-state index in [4.69, 9.17) is 4.74 Å². The van der Waals surface area contributed by atoms with Crippen molar-refractivity contribution in [3.63, 3.8) is 0 Å². The molecule has 0 unspecified atom stereocenters. The van der Waals surface area contributed by atoms with Gasteiger partial charge in [-0.05, 0) is 11.1 Å². The van der Waals surface area contributed by atoms with Gasteiger partial charge in [-0.2, -0.15) is 0 Å². The van der Waals surface area contributed by atoms with Gasteiger partial charge in [0.15, 0.2) is 12.6 Å². The van der Waals surface area contributed by atoms with Crippen LogP contribution in [0.5, 0.6) is 0 Å². The van der Waals surface area contributed by atoms with Gasteiger partial charge in [-0.25, -0.2) is 19.7 Å². The number of aliphatic hydroxyl groups is 1. The molecule has 0 saturated carbocycles. The highest BCUT2D eigenvalue weighted by Crippen LogP contribution is 2.48. The van der Waals surface area contributed by atoms with Gasteiger partial charge < -0.3 is 31.3 Å². The maximum atomic E-state index is 13.6. The Hall–Kier alpha value is -3.21. The highest BCUT2D eigenvalue weighted by molar-refractivity contribution is 5.96. The number of amides is 1. The number of benzene rings is 2. The Labute approximate surface area is 218 Å². The summed E-state index contributed by atoms with van der Waals surface area (Å²) in [5.74, 6) is -0.389. The largest absolute Gasteiger partial charge is 1.00 e. The second-order valence-electron chi connectivity index (χ2n) is 9.72. The van der Waals surface area contributed by atoms with E-state index in [2.05, 4.69) is 20.3 Å². The van der Waals surface area contributed by atoms with Crippen LogP contribution in [0.3, 0.4) is 0 Å². The first-order valence-electron chi connectivity index (χ1n) is 11.9. The van der Waals surface area contributed by atoms with Gasteiger partial charge in [-0.15, -0.1) is 0 Å². The number of nitrogens with zero attached hydrogens (tertiary/aromatic N) is 4. The van der Waals surface area contributed by atoms with Crippen molar-refractivity contribution in [3.8, 4) is 11.1 Å². The van der Waals surface area contributed by atoms with Crippen LogP contribution in [0.2, 0.25) is 0 Å². The molecule has 0 radical (unpaired) electrons. The summed E-state index contributed by atoms with van der Waals surface area (Å²) in [7, 11) is 0. The molecule has 4 aliphatic rings. The van der Waals surface area contributed by atoms with Gasteiger partial charge >= 0.3 is 5.97 Å². The van der Waals surface area contributed by atoms with Crippen LogP contribution in [0.1, 0.15) is 24.0 Å². The zero-order valence-corrected chi connectivity index (χ0v) is 21.1. The summed E-state index contributed by atoms with van der Waals surface area (Å²) >= 11 is 0. The van der Waals surface area contributed by atoms with Crippen LogP contribution in [0, 0.1) is 5.92 Å². The molecular weight excluding hydrogens is 526 g/mol. The summed E-state index contributed by atoms with van der Waals surface area (Å²) in [6.07, 6.45) is 4.03. The normalized spacial score (nSPS) is 24.7. The lowest BCUT2D eigenvalue weighted by atomic mass is 9.82. The van der Waals surface area contributed by atoms with E-state index in [-0.39, 0.29) is 47.4 Å². The first-order chi connectivity index (χ1) is 17.0. The maximum absolute atomic E-state index is 13.6. The van der Waals surface area contributed by atoms with Gasteiger partial charge in [0.25, 0.3) is 5.91 Å². The van der Waals surface area contributed by atoms with Crippen LogP contribution in [-0.4, -0.2) is 68.7 Å². The lowest BCUT2D eigenvalue weighted by Gasteiger charge is -2.51. The molecule has 0 spiro atoms. The van der Waals surface area contributed by atoms with Crippen LogP contribution in [0.25, 0.3) is 11.1 Å². The topological polar surface area (TPSA) is 114 Å². The van der Waals surface area contributed by atoms with Crippen LogP contribution >= 0.6 is 0 Å². The van der Waals surface area contributed by atoms with Crippen LogP contribution in [0.4, 0.5) is 5.95 Å². The number of esters is 1. The number of piperidine rings is 3. The fourth-order valence-electron chi connectivity index (χ4n) is 6.00. The monoisotopic (exact) mass is 551 g/mol.